The lowest BCUT2D eigenvalue weighted by Crippen LogP contribution is -2.46. The topological polar surface area (TPSA) is 101 Å². The van der Waals surface area contributed by atoms with E-state index in [4.69, 9.17) is 10.3 Å². The van der Waals surface area contributed by atoms with Gasteiger partial charge in [-0.15, -0.1) is 12.4 Å². The number of halogens is 1. The SMILES string of the molecule is Cl.NCCNC(=O)C1CCCN(C(=O)c2cc(C3CC3)on2)C1. The van der Waals surface area contributed by atoms with E-state index in [1.54, 1.807) is 11.0 Å². The molecule has 1 unspecified atom stereocenters. The third kappa shape index (κ3) is 4.23. The zero-order valence-corrected chi connectivity index (χ0v) is 13.8. The van der Waals surface area contributed by atoms with Gasteiger partial charge in [-0.2, -0.15) is 0 Å². The van der Waals surface area contributed by atoms with Gasteiger partial charge in [-0.25, -0.2) is 0 Å². The van der Waals surface area contributed by atoms with Crippen LogP contribution in [0.4, 0.5) is 0 Å². The molecular formula is C15H23ClN4O3. The summed E-state index contributed by atoms with van der Waals surface area (Å²) in [7, 11) is 0. The molecule has 1 aromatic heterocycles. The van der Waals surface area contributed by atoms with Gasteiger partial charge in [-0.3, -0.25) is 9.59 Å². The molecule has 3 rings (SSSR count). The van der Waals surface area contributed by atoms with Gasteiger partial charge in [0.25, 0.3) is 5.91 Å². The van der Waals surface area contributed by atoms with Gasteiger partial charge in [-0.05, 0) is 25.7 Å². The molecule has 128 valence electrons. The summed E-state index contributed by atoms with van der Waals surface area (Å²) in [4.78, 5) is 26.2. The monoisotopic (exact) mass is 342 g/mol. The van der Waals surface area contributed by atoms with E-state index in [9.17, 15) is 9.59 Å². The van der Waals surface area contributed by atoms with E-state index >= 15 is 0 Å². The lowest BCUT2D eigenvalue weighted by atomic mass is 9.97. The number of likely N-dealkylation sites (tertiary alicyclic amines) is 1. The van der Waals surface area contributed by atoms with Gasteiger partial charge in [0.15, 0.2) is 5.69 Å². The van der Waals surface area contributed by atoms with E-state index in [0.717, 1.165) is 31.4 Å². The van der Waals surface area contributed by atoms with E-state index in [1.165, 1.54) is 0 Å². The van der Waals surface area contributed by atoms with E-state index in [2.05, 4.69) is 10.5 Å². The van der Waals surface area contributed by atoms with Crippen LogP contribution in [-0.2, 0) is 4.79 Å². The number of nitrogens with two attached hydrogens (primary N) is 1. The Morgan fingerprint density at radius 1 is 1.39 bits per heavy atom. The molecule has 3 N–H and O–H groups in total. The Morgan fingerprint density at radius 2 is 2.17 bits per heavy atom. The maximum Gasteiger partial charge on any atom is 0.276 e. The first-order valence-corrected chi connectivity index (χ1v) is 7.92. The predicted molar refractivity (Wildman–Crippen MR) is 86.4 cm³/mol. The Balaban J connectivity index is 0.00000192. The van der Waals surface area contributed by atoms with Crippen LogP contribution in [0.1, 0.15) is 47.8 Å². The molecular weight excluding hydrogens is 320 g/mol. The molecule has 0 bridgehead atoms. The highest BCUT2D eigenvalue weighted by Crippen LogP contribution is 2.40. The number of piperidine rings is 1. The fourth-order valence-corrected chi connectivity index (χ4v) is 2.83. The molecule has 1 saturated carbocycles. The van der Waals surface area contributed by atoms with Crippen molar-refractivity contribution in [3.63, 3.8) is 0 Å². The molecule has 23 heavy (non-hydrogen) atoms. The van der Waals surface area contributed by atoms with Crippen LogP contribution in [-0.4, -0.2) is 48.0 Å². The second-order valence-electron chi connectivity index (χ2n) is 6.06. The first kappa shape index (κ1) is 17.7. The van der Waals surface area contributed by atoms with Gasteiger partial charge in [0.2, 0.25) is 5.91 Å². The van der Waals surface area contributed by atoms with Crippen LogP contribution in [0.5, 0.6) is 0 Å². The van der Waals surface area contributed by atoms with Crippen molar-refractivity contribution >= 4 is 24.2 Å². The second kappa shape index (κ2) is 7.79. The molecule has 1 aromatic rings. The first-order chi connectivity index (χ1) is 10.7. The Hall–Kier alpha value is -1.60. The molecule has 2 heterocycles. The van der Waals surface area contributed by atoms with Crippen molar-refractivity contribution in [3.05, 3.63) is 17.5 Å². The van der Waals surface area contributed by atoms with Crippen LogP contribution >= 0.6 is 12.4 Å². The molecule has 1 aliphatic heterocycles. The maximum atomic E-state index is 12.5. The maximum absolute atomic E-state index is 12.5. The van der Waals surface area contributed by atoms with Gasteiger partial charge in [0.1, 0.15) is 5.76 Å². The summed E-state index contributed by atoms with van der Waals surface area (Å²) in [5.74, 6) is 0.899. The summed E-state index contributed by atoms with van der Waals surface area (Å²) < 4.78 is 5.24. The van der Waals surface area contributed by atoms with Crippen molar-refractivity contribution in [1.82, 2.24) is 15.4 Å². The number of carbonyl (C=O) groups is 2. The van der Waals surface area contributed by atoms with Gasteiger partial charge < -0.3 is 20.5 Å². The highest BCUT2D eigenvalue weighted by Gasteiger charge is 2.32. The summed E-state index contributed by atoms with van der Waals surface area (Å²) in [6, 6.07) is 1.75. The Morgan fingerprint density at radius 3 is 2.87 bits per heavy atom. The zero-order valence-electron chi connectivity index (χ0n) is 13.0. The highest BCUT2D eigenvalue weighted by molar-refractivity contribution is 5.93. The standard InChI is InChI=1S/C15H22N4O3.ClH/c16-5-6-17-14(20)11-2-1-7-19(9-11)15(21)12-8-13(22-18-12)10-3-4-10;/h8,10-11H,1-7,9,16H2,(H,17,20);1H. The summed E-state index contributed by atoms with van der Waals surface area (Å²) in [5, 5.41) is 6.68. The third-order valence-electron chi connectivity index (χ3n) is 4.25. The highest BCUT2D eigenvalue weighted by atomic mass is 35.5. The smallest absolute Gasteiger partial charge is 0.276 e. The minimum atomic E-state index is -0.168. The summed E-state index contributed by atoms with van der Waals surface area (Å²) in [5.41, 5.74) is 5.74. The average molecular weight is 343 g/mol. The second-order valence-corrected chi connectivity index (χ2v) is 6.06. The van der Waals surface area contributed by atoms with E-state index < -0.39 is 0 Å². The molecule has 2 amide bonds. The molecule has 1 atom stereocenters. The largest absolute Gasteiger partial charge is 0.360 e. The number of hydrogen-bond donors (Lipinski definition) is 2. The molecule has 8 heteroatoms. The number of rotatable bonds is 5. The minimum absolute atomic E-state index is 0. The Kier molecular flexibility index (Phi) is 6.01. The molecule has 1 saturated heterocycles. The van der Waals surface area contributed by atoms with E-state index in [0.29, 0.717) is 37.8 Å². The van der Waals surface area contributed by atoms with Crippen molar-refractivity contribution in [3.8, 4) is 0 Å². The number of carbonyl (C=O) groups excluding carboxylic acids is 2. The van der Waals surface area contributed by atoms with E-state index in [-0.39, 0.29) is 30.1 Å². The van der Waals surface area contributed by atoms with Gasteiger partial charge >= 0.3 is 0 Å². The number of nitrogens with zero attached hydrogens (tertiary/aromatic N) is 2. The molecule has 0 aromatic carbocycles. The molecule has 0 radical (unpaired) electrons. The summed E-state index contributed by atoms with van der Waals surface area (Å²) >= 11 is 0. The van der Waals surface area contributed by atoms with Crippen LogP contribution in [0.3, 0.4) is 0 Å². The fourth-order valence-electron chi connectivity index (χ4n) is 2.83. The van der Waals surface area contributed by atoms with Crippen molar-refractivity contribution in [2.24, 2.45) is 11.7 Å². The zero-order chi connectivity index (χ0) is 15.5. The van der Waals surface area contributed by atoms with Crippen molar-refractivity contribution in [2.45, 2.75) is 31.6 Å². The number of aromatic nitrogens is 1. The molecule has 7 nitrogen and oxygen atoms in total. The average Bonchev–Trinajstić information content (AvgIpc) is 3.29. The van der Waals surface area contributed by atoms with Crippen LogP contribution in [0.25, 0.3) is 0 Å². The Bertz CT molecular complexity index is 559. The lowest BCUT2D eigenvalue weighted by molar-refractivity contribution is -0.126. The lowest BCUT2D eigenvalue weighted by Gasteiger charge is -2.31. The van der Waals surface area contributed by atoms with Crippen LogP contribution in [0, 0.1) is 5.92 Å². The quantitative estimate of drug-likeness (QED) is 0.827. The van der Waals surface area contributed by atoms with Crippen LogP contribution in [0.2, 0.25) is 0 Å². The number of amides is 2. The molecule has 2 aliphatic rings. The number of hydrogen-bond acceptors (Lipinski definition) is 5. The fraction of sp³-hybridized carbons (Fsp3) is 0.667. The number of nitrogens with one attached hydrogen (secondary N) is 1. The van der Waals surface area contributed by atoms with Gasteiger partial charge in [0.05, 0.1) is 5.92 Å². The summed E-state index contributed by atoms with van der Waals surface area (Å²) in [6.45, 7) is 1.98. The normalized spacial score (nSPS) is 20.7. The molecule has 0 spiro atoms. The minimum Gasteiger partial charge on any atom is -0.360 e. The van der Waals surface area contributed by atoms with Crippen molar-refractivity contribution < 1.29 is 14.1 Å². The van der Waals surface area contributed by atoms with E-state index in [1.807, 2.05) is 0 Å². The Labute approximate surface area is 141 Å². The third-order valence-corrected chi connectivity index (χ3v) is 4.25. The van der Waals surface area contributed by atoms with Crippen LogP contribution in [0.15, 0.2) is 10.6 Å². The predicted octanol–water partition coefficient (Wildman–Crippen LogP) is 0.901. The van der Waals surface area contributed by atoms with Crippen molar-refractivity contribution in [1.29, 1.82) is 0 Å². The van der Waals surface area contributed by atoms with Crippen molar-refractivity contribution in [2.75, 3.05) is 26.2 Å². The summed E-state index contributed by atoms with van der Waals surface area (Å²) in [6.07, 6.45) is 3.83. The molecule has 1 aliphatic carbocycles. The molecule has 2 fully saturated rings. The first-order valence-electron chi connectivity index (χ1n) is 7.92. The van der Waals surface area contributed by atoms with Gasteiger partial charge in [0, 0.05) is 38.2 Å². The van der Waals surface area contributed by atoms with Gasteiger partial charge in [-0.1, -0.05) is 5.16 Å². The van der Waals surface area contributed by atoms with Crippen LogP contribution < -0.4 is 11.1 Å².